The maximum Gasteiger partial charge on any atom is 0.319 e. The molecule has 5 rings (SSSR count). The van der Waals surface area contributed by atoms with Crippen LogP contribution in [0.15, 0.2) is 67.0 Å². The predicted octanol–water partition coefficient (Wildman–Crippen LogP) is 3.06. The lowest BCUT2D eigenvalue weighted by Gasteiger charge is -2.24. The van der Waals surface area contributed by atoms with E-state index in [0.717, 1.165) is 22.7 Å². The van der Waals surface area contributed by atoms with E-state index in [1.54, 1.807) is 30.3 Å². The Hall–Kier alpha value is -4.34. The van der Waals surface area contributed by atoms with Crippen molar-refractivity contribution >= 4 is 11.5 Å². The Morgan fingerprint density at radius 3 is 2.64 bits per heavy atom. The summed E-state index contributed by atoms with van der Waals surface area (Å²) < 4.78 is 23.1. The Bertz CT molecular complexity index is 1290. The Labute approximate surface area is 190 Å². The zero-order chi connectivity index (χ0) is 22.6. The average Bonchev–Trinajstić information content (AvgIpc) is 3.53. The van der Waals surface area contributed by atoms with Crippen LogP contribution in [0, 0.1) is 0 Å². The maximum absolute atomic E-state index is 5.57. The summed E-state index contributed by atoms with van der Waals surface area (Å²) in [6.45, 7) is 1.38. The number of nitrogens with zero attached hydrogens (tertiary/aromatic N) is 6. The van der Waals surface area contributed by atoms with Crippen LogP contribution in [-0.4, -0.2) is 52.1 Å². The van der Waals surface area contributed by atoms with Gasteiger partial charge in [-0.1, -0.05) is 30.3 Å². The van der Waals surface area contributed by atoms with Crippen LogP contribution < -0.4 is 14.4 Å². The van der Waals surface area contributed by atoms with Gasteiger partial charge in [-0.15, -0.1) is 0 Å². The molecule has 0 saturated heterocycles. The molecule has 0 radical (unpaired) electrons. The van der Waals surface area contributed by atoms with Gasteiger partial charge in [-0.25, -0.2) is 14.5 Å². The molecule has 0 spiro atoms. The van der Waals surface area contributed by atoms with Crippen molar-refractivity contribution in [2.24, 2.45) is 0 Å². The van der Waals surface area contributed by atoms with Crippen molar-refractivity contribution in [2.45, 2.75) is 6.54 Å². The summed E-state index contributed by atoms with van der Waals surface area (Å²) in [6.07, 6.45) is 6.88. The molecule has 0 fully saturated rings. The van der Waals surface area contributed by atoms with Gasteiger partial charge in [-0.2, -0.15) is 10.1 Å². The van der Waals surface area contributed by atoms with Crippen molar-refractivity contribution in [3.05, 3.63) is 72.6 Å². The lowest BCUT2D eigenvalue weighted by molar-refractivity contribution is 0.0797. The van der Waals surface area contributed by atoms with Crippen molar-refractivity contribution in [2.75, 3.05) is 32.5 Å². The second kappa shape index (κ2) is 9.03. The lowest BCUT2D eigenvalue weighted by Crippen LogP contribution is -2.26. The number of hydrogen-bond donors (Lipinski definition) is 0. The van der Waals surface area contributed by atoms with Gasteiger partial charge < -0.3 is 23.8 Å². The smallest absolute Gasteiger partial charge is 0.319 e. The Balaban J connectivity index is 1.55. The van der Waals surface area contributed by atoms with Crippen molar-refractivity contribution in [3.8, 4) is 23.0 Å². The molecule has 0 saturated carbocycles. The van der Waals surface area contributed by atoms with Gasteiger partial charge in [-0.3, -0.25) is 0 Å². The molecule has 1 aliphatic heterocycles. The number of fused-ring (bicyclic) bond motifs is 1. The van der Waals surface area contributed by atoms with E-state index in [1.807, 2.05) is 30.5 Å². The van der Waals surface area contributed by atoms with Crippen molar-refractivity contribution < 1.29 is 18.9 Å². The van der Waals surface area contributed by atoms with E-state index in [2.05, 4.69) is 32.1 Å². The molecule has 1 aliphatic rings. The summed E-state index contributed by atoms with van der Waals surface area (Å²) in [5.74, 6) is 1.89. The van der Waals surface area contributed by atoms with Crippen LogP contribution in [0.3, 0.4) is 0 Å². The summed E-state index contributed by atoms with van der Waals surface area (Å²) in [5, 5.41) is 4.44. The fraction of sp³-hybridized carbons (Fsp3) is 0.217. The topological polar surface area (TPSA) is 96.1 Å². The molecular formula is C23H22N6O4. The molecule has 3 aromatic heterocycles. The standard InChI is InChI=1S/C23H22N6O4/c1-30-22-19(10-24-23(27-22)31-2)18-11-25-29-9-8-20(26-21(18)29)28(13-17-14-32-15-33-17)12-16-6-4-3-5-7-16/h3-11,14H,12-13,15H2,1-2H3. The van der Waals surface area contributed by atoms with E-state index in [-0.39, 0.29) is 12.8 Å². The fourth-order valence-corrected chi connectivity index (χ4v) is 3.58. The van der Waals surface area contributed by atoms with Gasteiger partial charge in [0.15, 0.2) is 11.4 Å². The number of rotatable bonds is 8. The first-order valence-corrected chi connectivity index (χ1v) is 10.3. The second-order valence-corrected chi connectivity index (χ2v) is 7.25. The molecule has 33 heavy (non-hydrogen) atoms. The monoisotopic (exact) mass is 446 g/mol. The number of benzene rings is 1. The van der Waals surface area contributed by atoms with Gasteiger partial charge in [-0.05, 0) is 11.6 Å². The summed E-state index contributed by atoms with van der Waals surface area (Å²) in [5.41, 5.74) is 3.21. The number of hydrogen-bond acceptors (Lipinski definition) is 9. The number of anilines is 1. The van der Waals surface area contributed by atoms with E-state index >= 15 is 0 Å². The molecule has 1 aromatic carbocycles. The fourth-order valence-electron chi connectivity index (χ4n) is 3.58. The molecule has 0 atom stereocenters. The molecule has 0 aliphatic carbocycles. The molecule has 0 N–H and O–H groups in total. The molecule has 168 valence electrons. The highest BCUT2D eigenvalue weighted by Crippen LogP contribution is 2.32. The quantitative estimate of drug-likeness (QED) is 0.405. The summed E-state index contributed by atoms with van der Waals surface area (Å²) in [4.78, 5) is 15.6. The van der Waals surface area contributed by atoms with Gasteiger partial charge in [0.1, 0.15) is 12.1 Å². The molecule has 10 heteroatoms. The summed E-state index contributed by atoms with van der Waals surface area (Å²) >= 11 is 0. The molecule has 10 nitrogen and oxygen atoms in total. The van der Waals surface area contributed by atoms with Crippen LogP contribution in [0.4, 0.5) is 5.82 Å². The van der Waals surface area contributed by atoms with Gasteiger partial charge in [0, 0.05) is 18.9 Å². The second-order valence-electron chi connectivity index (χ2n) is 7.25. The van der Waals surface area contributed by atoms with Crippen molar-refractivity contribution in [1.82, 2.24) is 24.6 Å². The van der Waals surface area contributed by atoms with Crippen molar-refractivity contribution in [1.29, 1.82) is 0 Å². The number of methoxy groups -OCH3 is 2. The zero-order valence-corrected chi connectivity index (χ0v) is 18.2. The molecule has 0 bridgehead atoms. The third-order valence-corrected chi connectivity index (χ3v) is 5.17. The highest BCUT2D eigenvalue weighted by Gasteiger charge is 2.19. The van der Waals surface area contributed by atoms with Crippen LogP contribution >= 0.6 is 0 Å². The largest absolute Gasteiger partial charge is 0.480 e. The predicted molar refractivity (Wildman–Crippen MR) is 120 cm³/mol. The van der Waals surface area contributed by atoms with Crippen LogP contribution in [0.2, 0.25) is 0 Å². The first-order chi connectivity index (χ1) is 16.2. The molecule has 0 amide bonds. The van der Waals surface area contributed by atoms with E-state index in [0.29, 0.717) is 30.2 Å². The van der Waals surface area contributed by atoms with Gasteiger partial charge in [0.25, 0.3) is 0 Å². The van der Waals surface area contributed by atoms with Crippen LogP contribution in [0.1, 0.15) is 5.56 Å². The summed E-state index contributed by atoms with van der Waals surface area (Å²) in [7, 11) is 3.06. The first-order valence-electron chi connectivity index (χ1n) is 10.3. The van der Waals surface area contributed by atoms with Gasteiger partial charge in [0.05, 0.1) is 38.1 Å². The molecule has 0 unspecified atom stereocenters. The van der Waals surface area contributed by atoms with E-state index in [1.165, 1.54) is 7.11 Å². The Morgan fingerprint density at radius 1 is 1.00 bits per heavy atom. The van der Waals surface area contributed by atoms with Gasteiger partial charge >= 0.3 is 6.01 Å². The van der Waals surface area contributed by atoms with E-state index < -0.39 is 0 Å². The highest BCUT2D eigenvalue weighted by molar-refractivity contribution is 5.80. The lowest BCUT2D eigenvalue weighted by atomic mass is 10.2. The first kappa shape index (κ1) is 20.6. The normalized spacial score (nSPS) is 12.7. The van der Waals surface area contributed by atoms with E-state index in [4.69, 9.17) is 23.9 Å². The zero-order valence-electron chi connectivity index (χ0n) is 18.2. The van der Waals surface area contributed by atoms with Gasteiger partial charge in [0.2, 0.25) is 12.7 Å². The van der Waals surface area contributed by atoms with Crippen LogP contribution in [0.25, 0.3) is 16.8 Å². The third-order valence-electron chi connectivity index (χ3n) is 5.17. The SMILES string of the molecule is COc1ncc(-c2cnn3ccc(N(CC4=COCO4)Cc4ccccc4)nc23)c(OC)n1. The third kappa shape index (κ3) is 4.22. The highest BCUT2D eigenvalue weighted by atomic mass is 16.7. The minimum atomic E-state index is 0.224. The van der Waals surface area contributed by atoms with Crippen molar-refractivity contribution in [3.63, 3.8) is 0 Å². The maximum atomic E-state index is 5.57. The Kier molecular flexibility index (Phi) is 5.62. The van der Waals surface area contributed by atoms with Crippen LogP contribution in [0.5, 0.6) is 11.9 Å². The Morgan fingerprint density at radius 2 is 1.88 bits per heavy atom. The minimum Gasteiger partial charge on any atom is -0.480 e. The van der Waals surface area contributed by atoms with E-state index in [9.17, 15) is 0 Å². The molecule has 4 heterocycles. The van der Waals surface area contributed by atoms with Crippen LogP contribution in [-0.2, 0) is 16.0 Å². The summed E-state index contributed by atoms with van der Waals surface area (Å²) in [6, 6.07) is 12.3. The minimum absolute atomic E-state index is 0.224. The number of ether oxygens (including phenoxy) is 4. The molecule has 4 aromatic rings. The number of aromatic nitrogens is 5. The average molecular weight is 446 g/mol. The molecular weight excluding hydrogens is 424 g/mol.